The van der Waals surface area contributed by atoms with E-state index in [-0.39, 0.29) is 11.5 Å². The molecule has 0 spiro atoms. The normalized spacial score (nSPS) is 23.9. The minimum atomic E-state index is 0.0105. The number of hydrogen-bond donors (Lipinski definition) is 1. The molecule has 2 nitrogen and oxygen atoms in total. The second-order valence-corrected chi connectivity index (χ2v) is 5.51. The molecule has 18 heavy (non-hydrogen) atoms. The zero-order chi connectivity index (χ0) is 13.1. The van der Waals surface area contributed by atoms with Gasteiger partial charge in [-0.2, -0.15) is 0 Å². The number of Topliss-reactive ketones (excluding diaryl/α,β-unsaturated/α-hetero) is 1. The molecule has 0 aliphatic heterocycles. The average molecular weight is 246 g/mol. The maximum atomic E-state index is 11.6. The van der Waals surface area contributed by atoms with E-state index in [1.807, 2.05) is 13.0 Å². The number of phenols is 1. The number of rotatable bonds is 3. The molecule has 1 saturated carbocycles. The van der Waals surface area contributed by atoms with Crippen molar-refractivity contribution in [2.24, 2.45) is 5.92 Å². The van der Waals surface area contributed by atoms with Crippen LogP contribution in [0.25, 0.3) is 0 Å². The first-order valence-electron chi connectivity index (χ1n) is 6.98. The maximum Gasteiger partial charge on any atom is 0.166 e. The Morgan fingerprint density at radius 2 is 1.94 bits per heavy atom. The van der Waals surface area contributed by atoms with Crippen LogP contribution in [0.5, 0.6) is 5.75 Å². The first-order valence-corrected chi connectivity index (χ1v) is 6.98. The van der Waals surface area contributed by atoms with Crippen molar-refractivity contribution >= 4 is 5.78 Å². The molecule has 1 aromatic rings. The van der Waals surface area contributed by atoms with E-state index in [1.165, 1.54) is 31.2 Å². The van der Waals surface area contributed by atoms with E-state index in [1.54, 1.807) is 12.1 Å². The van der Waals surface area contributed by atoms with Crippen molar-refractivity contribution in [3.8, 4) is 5.75 Å². The molecular weight excluding hydrogens is 224 g/mol. The first kappa shape index (κ1) is 13.1. The van der Waals surface area contributed by atoms with Gasteiger partial charge >= 0.3 is 0 Å². The molecule has 98 valence electrons. The third-order valence-corrected chi connectivity index (χ3v) is 4.13. The number of benzene rings is 1. The molecule has 1 aliphatic rings. The van der Waals surface area contributed by atoms with Gasteiger partial charge in [-0.15, -0.1) is 0 Å². The van der Waals surface area contributed by atoms with Gasteiger partial charge in [0.1, 0.15) is 5.75 Å². The smallest absolute Gasteiger partial charge is 0.166 e. The van der Waals surface area contributed by atoms with E-state index in [9.17, 15) is 9.90 Å². The fourth-order valence-corrected chi connectivity index (χ4v) is 2.82. The lowest BCUT2D eigenvalue weighted by Gasteiger charge is -2.26. The van der Waals surface area contributed by atoms with Crippen LogP contribution in [-0.4, -0.2) is 10.9 Å². The van der Waals surface area contributed by atoms with Crippen LogP contribution in [0.2, 0.25) is 0 Å². The van der Waals surface area contributed by atoms with Crippen LogP contribution in [0.15, 0.2) is 18.2 Å². The maximum absolute atomic E-state index is 11.6. The summed E-state index contributed by atoms with van der Waals surface area (Å²) in [5.41, 5.74) is 1.65. The Bertz CT molecular complexity index is 429. The van der Waals surface area contributed by atoms with Gasteiger partial charge in [0.2, 0.25) is 0 Å². The lowest BCUT2D eigenvalue weighted by atomic mass is 9.79. The highest BCUT2D eigenvalue weighted by Gasteiger charge is 2.21. The van der Waals surface area contributed by atoms with Crippen molar-refractivity contribution in [3.63, 3.8) is 0 Å². The molecular formula is C16H22O2. The number of ketones is 1. The molecule has 1 aromatic carbocycles. The molecule has 1 aliphatic carbocycles. The summed E-state index contributed by atoms with van der Waals surface area (Å²) < 4.78 is 0. The third-order valence-electron chi connectivity index (χ3n) is 4.13. The van der Waals surface area contributed by atoms with Gasteiger partial charge < -0.3 is 5.11 Å². The number of hydrogen-bond acceptors (Lipinski definition) is 2. The summed E-state index contributed by atoms with van der Waals surface area (Å²) in [5.74, 6) is 1.54. The van der Waals surface area contributed by atoms with Gasteiger partial charge in [-0.3, -0.25) is 4.79 Å². The Kier molecular flexibility index (Phi) is 4.05. The highest BCUT2D eigenvalue weighted by molar-refractivity contribution is 5.98. The first-order chi connectivity index (χ1) is 8.61. The predicted molar refractivity (Wildman–Crippen MR) is 73.1 cm³/mol. The Labute approximate surface area is 109 Å². The van der Waals surface area contributed by atoms with E-state index in [2.05, 4.69) is 6.92 Å². The lowest BCUT2D eigenvalue weighted by molar-refractivity contribution is 0.0985. The highest BCUT2D eigenvalue weighted by atomic mass is 16.3. The van der Waals surface area contributed by atoms with E-state index >= 15 is 0 Å². The molecule has 1 N–H and O–H groups in total. The van der Waals surface area contributed by atoms with Gasteiger partial charge in [-0.05, 0) is 42.4 Å². The van der Waals surface area contributed by atoms with Gasteiger partial charge in [-0.25, -0.2) is 0 Å². The Balaban J connectivity index is 2.16. The second kappa shape index (κ2) is 5.55. The highest BCUT2D eigenvalue weighted by Crippen LogP contribution is 2.37. The largest absolute Gasteiger partial charge is 0.507 e. The number of phenolic OH excluding ortho intramolecular Hbond substituents is 1. The van der Waals surface area contributed by atoms with E-state index in [0.717, 1.165) is 5.92 Å². The minimum absolute atomic E-state index is 0.0105. The topological polar surface area (TPSA) is 37.3 Å². The number of aromatic hydroxyl groups is 1. The molecule has 2 rings (SSSR count). The van der Waals surface area contributed by atoms with Crippen LogP contribution in [-0.2, 0) is 0 Å². The Morgan fingerprint density at radius 1 is 1.28 bits per heavy atom. The van der Waals surface area contributed by atoms with Crippen molar-refractivity contribution in [2.45, 2.75) is 51.9 Å². The van der Waals surface area contributed by atoms with Crippen molar-refractivity contribution < 1.29 is 9.90 Å². The van der Waals surface area contributed by atoms with E-state index < -0.39 is 0 Å². The molecule has 0 bridgehead atoms. The molecule has 0 radical (unpaired) electrons. The molecule has 0 heterocycles. The van der Waals surface area contributed by atoms with Crippen LogP contribution in [0.4, 0.5) is 0 Å². The standard InChI is InChI=1S/C16H22O2/c1-3-15(17)14-9-8-13(10-16(14)18)12-6-4-11(2)5-7-12/h8-12,18H,3-7H2,1-2H3. The fraction of sp³-hybridized carbons (Fsp3) is 0.562. The van der Waals surface area contributed by atoms with Gasteiger partial charge in [0.15, 0.2) is 5.78 Å². The summed E-state index contributed by atoms with van der Waals surface area (Å²) in [6.07, 6.45) is 5.36. The molecule has 0 atom stereocenters. The summed E-state index contributed by atoms with van der Waals surface area (Å²) in [6.45, 7) is 4.12. The van der Waals surface area contributed by atoms with Gasteiger partial charge in [-0.1, -0.05) is 32.8 Å². The van der Waals surface area contributed by atoms with Crippen molar-refractivity contribution in [1.82, 2.24) is 0 Å². The van der Waals surface area contributed by atoms with Crippen molar-refractivity contribution in [2.75, 3.05) is 0 Å². The van der Waals surface area contributed by atoms with E-state index in [0.29, 0.717) is 17.9 Å². The van der Waals surface area contributed by atoms with Crippen LogP contribution < -0.4 is 0 Å². The summed E-state index contributed by atoms with van der Waals surface area (Å²) >= 11 is 0. The quantitative estimate of drug-likeness (QED) is 0.808. The Hall–Kier alpha value is -1.31. The molecule has 1 fully saturated rings. The summed E-state index contributed by atoms with van der Waals surface area (Å²) in [4.78, 5) is 11.6. The van der Waals surface area contributed by atoms with Gasteiger partial charge in [0.05, 0.1) is 5.56 Å². The zero-order valence-corrected chi connectivity index (χ0v) is 11.3. The number of carbonyl (C=O) groups is 1. The monoisotopic (exact) mass is 246 g/mol. The molecule has 0 amide bonds. The third kappa shape index (κ3) is 2.74. The predicted octanol–water partition coefficient (Wildman–Crippen LogP) is 4.28. The summed E-state index contributed by atoms with van der Waals surface area (Å²) in [6, 6.07) is 5.60. The van der Waals surface area contributed by atoms with Gasteiger partial charge in [0, 0.05) is 6.42 Å². The summed E-state index contributed by atoms with van der Waals surface area (Å²) in [7, 11) is 0. The minimum Gasteiger partial charge on any atom is -0.507 e. The molecule has 0 unspecified atom stereocenters. The van der Waals surface area contributed by atoms with E-state index in [4.69, 9.17) is 0 Å². The lowest BCUT2D eigenvalue weighted by Crippen LogP contribution is -2.11. The Morgan fingerprint density at radius 3 is 2.50 bits per heavy atom. The number of carbonyl (C=O) groups excluding carboxylic acids is 1. The molecule has 2 heteroatoms. The van der Waals surface area contributed by atoms with Crippen LogP contribution in [0.3, 0.4) is 0 Å². The summed E-state index contributed by atoms with van der Waals surface area (Å²) in [5, 5.41) is 9.95. The molecule has 0 saturated heterocycles. The average Bonchev–Trinajstić information content (AvgIpc) is 2.38. The van der Waals surface area contributed by atoms with Gasteiger partial charge in [0.25, 0.3) is 0 Å². The van der Waals surface area contributed by atoms with Crippen LogP contribution in [0.1, 0.15) is 67.8 Å². The van der Waals surface area contributed by atoms with Crippen molar-refractivity contribution in [3.05, 3.63) is 29.3 Å². The molecule has 0 aromatic heterocycles. The van der Waals surface area contributed by atoms with Crippen LogP contribution >= 0.6 is 0 Å². The second-order valence-electron chi connectivity index (χ2n) is 5.51. The SMILES string of the molecule is CCC(=O)c1ccc(C2CCC(C)CC2)cc1O. The van der Waals surface area contributed by atoms with Crippen LogP contribution in [0, 0.1) is 5.92 Å². The fourth-order valence-electron chi connectivity index (χ4n) is 2.82. The zero-order valence-electron chi connectivity index (χ0n) is 11.3. The van der Waals surface area contributed by atoms with Crippen molar-refractivity contribution in [1.29, 1.82) is 0 Å².